The highest BCUT2D eigenvalue weighted by atomic mass is 35.5. The molecule has 0 saturated carbocycles. The minimum absolute atomic E-state index is 0.157. The van der Waals surface area contributed by atoms with Crippen LogP contribution in [0.2, 0.25) is 10.0 Å². The van der Waals surface area contributed by atoms with Gasteiger partial charge in [0.15, 0.2) is 0 Å². The Balaban J connectivity index is 2.11. The summed E-state index contributed by atoms with van der Waals surface area (Å²) in [6.45, 7) is 0.157. The zero-order valence-corrected chi connectivity index (χ0v) is 12.1. The van der Waals surface area contributed by atoms with E-state index in [1.165, 1.54) is 12.1 Å². The molecule has 2 aromatic rings. The molecule has 0 aromatic heterocycles. The van der Waals surface area contributed by atoms with E-state index in [0.29, 0.717) is 21.3 Å². The van der Waals surface area contributed by atoms with E-state index in [9.17, 15) is 13.2 Å². The first-order valence-corrected chi connectivity index (χ1v) is 6.63. The van der Waals surface area contributed by atoms with Gasteiger partial charge in [0.1, 0.15) is 5.75 Å². The summed E-state index contributed by atoms with van der Waals surface area (Å²) in [6, 6.07) is 10.8. The van der Waals surface area contributed by atoms with E-state index in [4.69, 9.17) is 23.2 Å². The normalized spacial score (nSPS) is 11.3. The van der Waals surface area contributed by atoms with Crippen LogP contribution in [0.25, 0.3) is 0 Å². The predicted octanol–water partition coefficient (Wildman–Crippen LogP) is 5.50. The van der Waals surface area contributed by atoms with Crippen molar-refractivity contribution >= 4 is 28.9 Å². The zero-order chi connectivity index (χ0) is 15.5. The van der Waals surface area contributed by atoms with Crippen LogP contribution >= 0.6 is 23.2 Å². The molecule has 0 aliphatic rings. The Morgan fingerprint density at radius 1 is 1.00 bits per heavy atom. The van der Waals surface area contributed by atoms with Crippen molar-refractivity contribution in [1.29, 1.82) is 0 Å². The second kappa shape index (κ2) is 6.45. The molecule has 0 amide bonds. The van der Waals surface area contributed by atoms with E-state index in [0.717, 1.165) is 0 Å². The fourth-order valence-corrected chi connectivity index (χ4v) is 1.98. The molecule has 2 rings (SSSR count). The van der Waals surface area contributed by atoms with Gasteiger partial charge in [-0.15, -0.1) is 13.2 Å². The summed E-state index contributed by atoms with van der Waals surface area (Å²) in [6.07, 6.45) is -4.72. The molecule has 0 fully saturated rings. The second-order valence-electron chi connectivity index (χ2n) is 4.14. The van der Waals surface area contributed by atoms with Gasteiger partial charge >= 0.3 is 6.36 Å². The van der Waals surface area contributed by atoms with Crippen molar-refractivity contribution in [2.24, 2.45) is 0 Å². The third kappa shape index (κ3) is 4.72. The Labute approximate surface area is 129 Å². The molecule has 0 saturated heterocycles. The highest BCUT2D eigenvalue weighted by molar-refractivity contribution is 6.42. The highest BCUT2D eigenvalue weighted by Crippen LogP contribution is 2.28. The number of para-hydroxylation sites is 1. The summed E-state index contributed by atoms with van der Waals surface area (Å²) in [4.78, 5) is 0. The fourth-order valence-electron chi connectivity index (χ4n) is 1.68. The van der Waals surface area contributed by atoms with Crippen LogP contribution in [0, 0.1) is 0 Å². The van der Waals surface area contributed by atoms with Crippen molar-refractivity contribution in [2.75, 3.05) is 5.32 Å². The summed E-state index contributed by atoms with van der Waals surface area (Å²) in [5.41, 5.74) is 1.02. The smallest absolute Gasteiger partial charge is 0.405 e. The summed E-state index contributed by atoms with van der Waals surface area (Å²) in [5, 5.41) is 3.73. The van der Waals surface area contributed by atoms with E-state index in [-0.39, 0.29) is 12.3 Å². The average molecular weight is 336 g/mol. The van der Waals surface area contributed by atoms with Crippen LogP contribution in [0.3, 0.4) is 0 Å². The molecule has 0 aliphatic carbocycles. The maximum absolute atomic E-state index is 12.3. The molecule has 2 nitrogen and oxygen atoms in total. The first-order chi connectivity index (χ1) is 9.85. The summed E-state index contributed by atoms with van der Waals surface area (Å²) >= 11 is 11.7. The van der Waals surface area contributed by atoms with Gasteiger partial charge in [0.2, 0.25) is 0 Å². The third-order valence-electron chi connectivity index (χ3n) is 2.60. The van der Waals surface area contributed by atoms with Gasteiger partial charge in [0, 0.05) is 17.8 Å². The molecule has 0 unspecified atom stereocenters. The van der Waals surface area contributed by atoms with Crippen LogP contribution in [0.15, 0.2) is 42.5 Å². The van der Waals surface area contributed by atoms with E-state index >= 15 is 0 Å². The molecular formula is C14H10Cl2F3NO. The van der Waals surface area contributed by atoms with E-state index in [1.54, 1.807) is 30.3 Å². The lowest BCUT2D eigenvalue weighted by Gasteiger charge is -2.14. The minimum Gasteiger partial charge on any atom is -0.405 e. The number of rotatable bonds is 4. The van der Waals surface area contributed by atoms with Crippen molar-refractivity contribution in [1.82, 2.24) is 0 Å². The van der Waals surface area contributed by atoms with Crippen molar-refractivity contribution < 1.29 is 17.9 Å². The van der Waals surface area contributed by atoms with E-state index in [1.807, 2.05) is 0 Å². The highest BCUT2D eigenvalue weighted by Gasteiger charge is 2.31. The summed E-state index contributed by atoms with van der Waals surface area (Å²) in [7, 11) is 0. The van der Waals surface area contributed by atoms with Gasteiger partial charge in [-0.2, -0.15) is 0 Å². The monoisotopic (exact) mass is 335 g/mol. The van der Waals surface area contributed by atoms with Crippen LogP contribution in [0.5, 0.6) is 5.75 Å². The maximum Gasteiger partial charge on any atom is 0.573 e. The van der Waals surface area contributed by atoms with Crippen molar-refractivity contribution in [3.8, 4) is 5.75 Å². The molecule has 0 aliphatic heterocycles. The maximum atomic E-state index is 12.3. The van der Waals surface area contributed by atoms with Gasteiger partial charge in [0.25, 0.3) is 0 Å². The molecular weight excluding hydrogens is 326 g/mol. The topological polar surface area (TPSA) is 21.3 Å². The minimum atomic E-state index is -4.72. The van der Waals surface area contributed by atoms with Gasteiger partial charge in [-0.25, -0.2) is 0 Å². The standard InChI is InChI=1S/C14H10Cl2F3NO/c15-11-6-5-10(7-12(11)16)20-8-9-3-1-2-4-13(9)21-14(17,18)19/h1-7,20H,8H2. The average Bonchev–Trinajstić information content (AvgIpc) is 2.40. The molecule has 0 radical (unpaired) electrons. The molecule has 0 heterocycles. The van der Waals surface area contributed by atoms with Crippen LogP contribution < -0.4 is 10.1 Å². The van der Waals surface area contributed by atoms with Gasteiger partial charge in [-0.3, -0.25) is 0 Å². The number of nitrogens with one attached hydrogen (secondary N) is 1. The second-order valence-corrected chi connectivity index (χ2v) is 4.95. The van der Waals surface area contributed by atoms with Crippen molar-refractivity contribution in [3.05, 3.63) is 58.1 Å². The van der Waals surface area contributed by atoms with Crippen molar-refractivity contribution in [3.63, 3.8) is 0 Å². The van der Waals surface area contributed by atoms with Gasteiger partial charge in [-0.05, 0) is 24.3 Å². The summed E-state index contributed by atoms with van der Waals surface area (Å²) < 4.78 is 40.9. The van der Waals surface area contributed by atoms with Crippen LogP contribution in [0.1, 0.15) is 5.56 Å². The van der Waals surface area contributed by atoms with E-state index < -0.39 is 6.36 Å². The molecule has 21 heavy (non-hydrogen) atoms. The van der Waals surface area contributed by atoms with Crippen molar-refractivity contribution in [2.45, 2.75) is 12.9 Å². The molecule has 2 aromatic carbocycles. The number of alkyl halides is 3. The first kappa shape index (κ1) is 15.8. The van der Waals surface area contributed by atoms with Gasteiger partial charge in [-0.1, -0.05) is 41.4 Å². The Morgan fingerprint density at radius 2 is 1.71 bits per heavy atom. The number of halogens is 5. The SMILES string of the molecule is FC(F)(F)Oc1ccccc1CNc1ccc(Cl)c(Cl)c1. The Bertz CT molecular complexity index is 632. The molecule has 0 bridgehead atoms. The Morgan fingerprint density at radius 3 is 2.38 bits per heavy atom. The van der Waals surface area contributed by atoms with Gasteiger partial charge in [0.05, 0.1) is 10.0 Å². The lowest BCUT2D eigenvalue weighted by molar-refractivity contribution is -0.274. The number of benzene rings is 2. The molecule has 7 heteroatoms. The Hall–Kier alpha value is -1.59. The fraction of sp³-hybridized carbons (Fsp3) is 0.143. The first-order valence-electron chi connectivity index (χ1n) is 5.88. The van der Waals surface area contributed by atoms with Crippen LogP contribution in [-0.4, -0.2) is 6.36 Å². The molecule has 0 atom stereocenters. The predicted molar refractivity (Wildman–Crippen MR) is 76.9 cm³/mol. The molecule has 0 spiro atoms. The van der Waals surface area contributed by atoms with Crippen LogP contribution in [-0.2, 0) is 6.54 Å². The number of anilines is 1. The lowest BCUT2D eigenvalue weighted by atomic mass is 10.2. The number of hydrogen-bond acceptors (Lipinski definition) is 2. The van der Waals surface area contributed by atoms with Gasteiger partial charge < -0.3 is 10.1 Å². The molecule has 1 N–H and O–H groups in total. The summed E-state index contributed by atoms with van der Waals surface area (Å²) in [5.74, 6) is -0.238. The molecule has 112 valence electrons. The number of ether oxygens (including phenoxy) is 1. The third-order valence-corrected chi connectivity index (χ3v) is 3.34. The largest absolute Gasteiger partial charge is 0.573 e. The quantitative estimate of drug-likeness (QED) is 0.796. The Kier molecular flexibility index (Phi) is 4.85. The van der Waals surface area contributed by atoms with E-state index in [2.05, 4.69) is 10.1 Å². The lowest BCUT2D eigenvalue weighted by Crippen LogP contribution is -2.18. The number of hydrogen-bond donors (Lipinski definition) is 1. The van der Waals surface area contributed by atoms with Crippen LogP contribution in [0.4, 0.5) is 18.9 Å². The zero-order valence-electron chi connectivity index (χ0n) is 10.5.